The molecule has 2 amide bonds. The molecule has 2 N–H and O–H groups in total. The van der Waals surface area contributed by atoms with Crippen molar-refractivity contribution in [3.05, 3.63) is 66.9 Å². The third-order valence-corrected chi connectivity index (χ3v) is 4.10. The van der Waals surface area contributed by atoms with E-state index in [-0.39, 0.29) is 11.8 Å². The largest absolute Gasteiger partial charge is 0.475 e. The maximum absolute atomic E-state index is 12.5. The Morgan fingerprint density at radius 1 is 1.10 bits per heavy atom. The highest BCUT2D eigenvalue weighted by Gasteiger charge is 2.09. The summed E-state index contributed by atoms with van der Waals surface area (Å²) in [6, 6.07) is 10.1. The number of rotatable bonds is 10. The molecule has 9 heteroatoms. The van der Waals surface area contributed by atoms with E-state index in [1.54, 1.807) is 62.2 Å². The molecule has 0 fully saturated rings. The van der Waals surface area contributed by atoms with E-state index in [0.29, 0.717) is 49.0 Å². The van der Waals surface area contributed by atoms with E-state index in [0.717, 1.165) is 0 Å². The minimum atomic E-state index is -0.306. The summed E-state index contributed by atoms with van der Waals surface area (Å²) in [6.45, 7) is 1.40. The van der Waals surface area contributed by atoms with E-state index in [9.17, 15) is 9.59 Å². The molecule has 0 atom stereocenters. The van der Waals surface area contributed by atoms with E-state index >= 15 is 0 Å². The van der Waals surface area contributed by atoms with Gasteiger partial charge in [0, 0.05) is 49.8 Å². The number of amides is 2. The predicted octanol–water partition coefficient (Wildman–Crippen LogP) is 2.58. The molecule has 2 heterocycles. The van der Waals surface area contributed by atoms with Crippen molar-refractivity contribution in [2.75, 3.05) is 31.0 Å². The van der Waals surface area contributed by atoms with Crippen LogP contribution in [0, 0.1) is 0 Å². The monoisotopic (exact) mass is 409 g/mol. The Balaban J connectivity index is 1.53. The Kier molecular flexibility index (Phi) is 7.51. The molecule has 0 spiro atoms. The number of imidazole rings is 1. The van der Waals surface area contributed by atoms with E-state index in [1.165, 1.54) is 6.20 Å². The van der Waals surface area contributed by atoms with Crippen molar-refractivity contribution in [1.82, 2.24) is 14.5 Å². The average Bonchev–Trinajstić information content (AvgIpc) is 3.28. The Morgan fingerprint density at radius 2 is 2.00 bits per heavy atom. The molecule has 0 saturated carbocycles. The van der Waals surface area contributed by atoms with Gasteiger partial charge in [-0.2, -0.15) is 0 Å². The lowest BCUT2D eigenvalue weighted by Gasteiger charge is -2.09. The zero-order valence-electron chi connectivity index (χ0n) is 16.6. The summed E-state index contributed by atoms with van der Waals surface area (Å²) in [5.41, 5.74) is 1.51. The number of carbonyl (C=O) groups is 2. The Hall–Kier alpha value is -3.72. The summed E-state index contributed by atoms with van der Waals surface area (Å²) in [5, 5.41) is 5.58. The second-order valence-corrected chi connectivity index (χ2v) is 6.36. The molecule has 0 aliphatic carbocycles. The number of carbonyl (C=O) groups excluding carboxylic acids is 2. The zero-order chi connectivity index (χ0) is 21.2. The Morgan fingerprint density at radius 3 is 2.73 bits per heavy atom. The third kappa shape index (κ3) is 6.42. The lowest BCUT2D eigenvalue weighted by atomic mass is 10.2. The molecule has 156 valence electrons. The van der Waals surface area contributed by atoms with Gasteiger partial charge in [-0.15, -0.1) is 0 Å². The lowest BCUT2D eigenvalue weighted by molar-refractivity contribution is -0.116. The number of nitrogens with one attached hydrogen (secondary N) is 2. The van der Waals surface area contributed by atoms with Gasteiger partial charge in [0.05, 0.1) is 24.8 Å². The normalized spacial score (nSPS) is 10.4. The highest BCUT2D eigenvalue weighted by Crippen LogP contribution is 2.15. The Labute approximate surface area is 174 Å². The van der Waals surface area contributed by atoms with Gasteiger partial charge in [0.25, 0.3) is 5.91 Å². The summed E-state index contributed by atoms with van der Waals surface area (Å²) < 4.78 is 12.1. The predicted molar refractivity (Wildman–Crippen MR) is 111 cm³/mol. The first-order chi connectivity index (χ1) is 14.6. The maximum atomic E-state index is 12.5. The molecule has 0 aliphatic rings. The quantitative estimate of drug-likeness (QED) is 0.499. The number of nitrogens with zero attached hydrogens (tertiary/aromatic N) is 3. The van der Waals surface area contributed by atoms with Crippen molar-refractivity contribution in [2.24, 2.45) is 0 Å². The van der Waals surface area contributed by atoms with Crippen molar-refractivity contribution in [2.45, 2.75) is 13.0 Å². The van der Waals surface area contributed by atoms with Crippen LogP contribution in [0.4, 0.5) is 11.4 Å². The first-order valence-corrected chi connectivity index (χ1v) is 9.39. The fraction of sp³-hybridized carbons (Fsp3) is 0.238. The van der Waals surface area contributed by atoms with Crippen LogP contribution >= 0.6 is 0 Å². The summed E-state index contributed by atoms with van der Waals surface area (Å²) in [7, 11) is 1.59. The van der Waals surface area contributed by atoms with E-state index in [2.05, 4.69) is 20.6 Å². The molecule has 0 bridgehead atoms. The van der Waals surface area contributed by atoms with Crippen molar-refractivity contribution >= 4 is 23.2 Å². The number of aromatic nitrogens is 3. The number of hydrogen-bond donors (Lipinski definition) is 2. The van der Waals surface area contributed by atoms with Gasteiger partial charge in [-0.25, -0.2) is 9.97 Å². The van der Waals surface area contributed by atoms with Gasteiger partial charge in [0.15, 0.2) is 0 Å². The number of ether oxygens (including phenoxy) is 2. The lowest BCUT2D eigenvalue weighted by Crippen LogP contribution is -2.16. The second kappa shape index (κ2) is 10.7. The van der Waals surface area contributed by atoms with Crippen molar-refractivity contribution < 1.29 is 19.1 Å². The number of anilines is 2. The van der Waals surface area contributed by atoms with E-state index in [4.69, 9.17) is 9.47 Å². The van der Waals surface area contributed by atoms with E-state index < -0.39 is 0 Å². The van der Waals surface area contributed by atoms with E-state index in [1.807, 2.05) is 4.57 Å². The number of methoxy groups -OCH3 is 1. The SMILES string of the molecule is COCCOc1ccc(NC(=O)c2cccc(NC(=O)CCn3ccnc3)c2)cn1. The highest BCUT2D eigenvalue weighted by atomic mass is 16.5. The van der Waals surface area contributed by atoms with Crippen LogP contribution in [0.1, 0.15) is 16.8 Å². The van der Waals surface area contributed by atoms with Gasteiger partial charge in [-0.1, -0.05) is 6.07 Å². The second-order valence-electron chi connectivity index (χ2n) is 6.36. The average molecular weight is 409 g/mol. The number of aryl methyl sites for hydroxylation is 1. The molecule has 9 nitrogen and oxygen atoms in total. The van der Waals surface area contributed by atoms with Crippen molar-refractivity contribution in [3.63, 3.8) is 0 Å². The molecule has 0 radical (unpaired) electrons. The summed E-state index contributed by atoms with van der Waals surface area (Å²) >= 11 is 0. The van der Waals surface area contributed by atoms with Crippen LogP contribution in [-0.4, -0.2) is 46.7 Å². The van der Waals surface area contributed by atoms with Gasteiger partial charge < -0.3 is 24.7 Å². The number of hydrogen-bond acceptors (Lipinski definition) is 6. The number of pyridine rings is 1. The fourth-order valence-electron chi connectivity index (χ4n) is 2.58. The van der Waals surface area contributed by atoms with Gasteiger partial charge in [-0.05, 0) is 24.3 Å². The molecule has 3 aromatic rings. The molecule has 30 heavy (non-hydrogen) atoms. The standard InChI is InChI=1S/C21H23N5O4/c1-29-11-12-30-20-6-5-18(14-23-20)25-21(28)16-3-2-4-17(13-16)24-19(27)7-9-26-10-8-22-15-26/h2-6,8,10,13-15H,7,9,11-12H2,1H3,(H,24,27)(H,25,28). The minimum absolute atomic E-state index is 0.144. The van der Waals surface area contributed by atoms with Gasteiger partial charge >= 0.3 is 0 Å². The Bertz CT molecular complexity index is 958. The first-order valence-electron chi connectivity index (χ1n) is 9.39. The van der Waals surface area contributed by atoms with Gasteiger partial charge in [0.1, 0.15) is 6.61 Å². The van der Waals surface area contributed by atoms with Crippen LogP contribution in [-0.2, 0) is 16.1 Å². The zero-order valence-corrected chi connectivity index (χ0v) is 16.6. The highest BCUT2D eigenvalue weighted by molar-refractivity contribution is 6.05. The third-order valence-electron chi connectivity index (χ3n) is 4.10. The van der Waals surface area contributed by atoms with Crippen LogP contribution in [0.25, 0.3) is 0 Å². The number of benzene rings is 1. The van der Waals surface area contributed by atoms with Crippen LogP contribution in [0.15, 0.2) is 61.3 Å². The molecule has 0 saturated heterocycles. The fourth-order valence-corrected chi connectivity index (χ4v) is 2.58. The van der Waals surface area contributed by atoms with Crippen LogP contribution in [0.5, 0.6) is 5.88 Å². The summed E-state index contributed by atoms with van der Waals surface area (Å²) in [4.78, 5) is 32.7. The first kappa shape index (κ1) is 21.0. The molecule has 0 aliphatic heterocycles. The topological polar surface area (TPSA) is 107 Å². The minimum Gasteiger partial charge on any atom is -0.475 e. The molecule has 2 aromatic heterocycles. The van der Waals surface area contributed by atoms with Crippen LogP contribution < -0.4 is 15.4 Å². The van der Waals surface area contributed by atoms with Crippen molar-refractivity contribution in [1.29, 1.82) is 0 Å². The van der Waals surface area contributed by atoms with Crippen LogP contribution in [0.2, 0.25) is 0 Å². The molecule has 3 rings (SSSR count). The summed E-state index contributed by atoms with van der Waals surface area (Å²) in [6.07, 6.45) is 6.94. The summed E-state index contributed by atoms with van der Waals surface area (Å²) in [5.74, 6) is -0.000614. The van der Waals surface area contributed by atoms with Crippen LogP contribution in [0.3, 0.4) is 0 Å². The maximum Gasteiger partial charge on any atom is 0.255 e. The smallest absolute Gasteiger partial charge is 0.255 e. The molecular formula is C21H23N5O4. The molecule has 1 aromatic carbocycles. The van der Waals surface area contributed by atoms with Gasteiger partial charge in [0.2, 0.25) is 11.8 Å². The molecule has 0 unspecified atom stereocenters. The van der Waals surface area contributed by atoms with Crippen molar-refractivity contribution in [3.8, 4) is 5.88 Å². The van der Waals surface area contributed by atoms with Gasteiger partial charge in [-0.3, -0.25) is 9.59 Å². The molecular weight excluding hydrogens is 386 g/mol.